The highest BCUT2D eigenvalue weighted by atomic mass is 16.4. The number of rotatable bonds is 23. The van der Waals surface area contributed by atoms with Crippen LogP contribution < -0.4 is 5.32 Å². The van der Waals surface area contributed by atoms with E-state index in [1.165, 1.54) is 96.8 Å². The van der Waals surface area contributed by atoms with Crippen molar-refractivity contribution >= 4 is 17.7 Å². The van der Waals surface area contributed by atoms with Crippen LogP contribution in [-0.4, -0.2) is 28.8 Å². The number of unbranched alkanes of at least 4 members (excludes halogenated alkanes) is 16. The highest BCUT2D eigenvalue weighted by Crippen LogP contribution is 2.14. The van der Waals surface area contributed by atoms with Gasteiger partial charge in [0.15, 0.2) is 0 Å². The van der Waals surface area contributed by atoms with Crippen molar-refractivity contribution in [1.29, 1.82) is 0 Å². The predicted octanol–water partition coefficient (Wildman–Crippen LogP) is 6.97. The standard InChI is InChI=1S/C26H49NO4/c1-3-4-5-6-7-8-9-10-11-12-13-14-15-16-17-18-19-20-25(29)27-24(26(30)31)22-21-23(2)28/h24H,3-22H2,1-2H3,(H,27,29)(H,30,31). The average Bonchev–Trinajstić information content (AvgIpc) is 2.73. The van der Waals surface area contributed by atoms with Gasteiger partial charge in [0.1, 0.15) is 11.8 Å². The maximum atomic E-state index is 11.9. The number of aliphatic carboxylic acids is 1. The average molecular weight is 440 g/mol. The van der Waals surface area contributed by atoms with E-state index in [2.05, 4.69) is 12.2 Å². The van der Waals surface area contributed by atoms with Gasteiger partial charge in [-0.2, -0.15) is 0 Å². The van der Waals surface area contributed by atoms with E-state index in [0.717, 1.165) is 19.3 Å². The van der Waals surface area contributed by atoms with Gasteiger partial charge in [-0.1, -0.05) is 110 Å². The molecular formula is C26H49NO4. The normalized spacial score (nSPS) is 11.9. The van der Waals surface area contributed by atoms with Gasteiger partial charge in [-0.05, 0) is 19.8 Å². The number of ketones is 1. The van der Waals surface area contributed by atoms with Crippen molar-refractivity contribution in [2.45, 2.75) is 148 Å². The molecule has 0 spiro atoms. The Bertz CT molecular complexity index is 464. The van der Waals surface area contributed by atoms with Crippen molar-refractivity contribution in [3.63, 3.8) is 0 Å². The topological polar surface area (TPSA) is 83.5 Å². The molecule has 0 fully saturated rings. The molecule has 0 bridgehead atoms. The molecule has 0 heterocycles. The van der Waals surface area contributed by atoms with E-state index in [9.17, 15) is 14.4 Å². The minimum Gasteiger partial charge on any atom is -0.480 e. The number of hydrogen-bond acceptors (Lipinski definition) is 3. The van der Waals surface area contributed by atoms with Gasteiger partial charge >= 0.3 is 5.97 Å². The number of amides is 1. The molecule has 1 atom stereocenters. The third kappa shape index (κ3) is 21.6. The summed E-state index contributed by atoms with van der Waals surface area (Å²) in [6, 6.07) is -0.956. The monoisotopic (exact) mass is 439 g/mol. The number of Topliss-reactive ketones (excluding diaryl/α,β-unsaturated/α-hetero) is 1. The lowest BCUT2D eigenvalue weighted by Gasteiger charge is -2.13. The number of carboxylic acid groups (broad SMARTS) is 1. The Morgan fingerprint density at radius 2 is 1.03 bits per heavy atom. The van der Waals surface area contributed by atoms with E-state index >= 15 is 0 Å². The Balaban J connectivity index is 3.41. The minimum atomic E-state index is -1.07. The fourth-order valence-corrected chi connectivity index (χ4v) is 3.88. The summed E-state index contributed by atoms with van der Waals surface area (Å²) >= 11 is 0. The van der Waals surface area contributed by atoms with Crippen LogP contribution in [-0.2, 0) is 14.4 Å². The van der Waals surface area contributed by atoms with E-state index in [1.54, 1.807) is 0 Å². The molecule has 1 unspecified atom stereocenters. The lowest BCUT2D eigenvalue weighted by atomic mass is 10.0. The molecule has 0 aromatic carbocycles. The number of nitrogens with one attached hydrogen (secondary N) is 1. The quantitative estimate of drug-likeness (QED) is 0.168. The smallest absolute Gasteiger partial charge is 0.326 e. The molecule has 0 aromatic rings. The van der Waals surface area contributed by atoms with Crippen LogP contribution in [0.2, 0.25) is 0 Å². The number of carbonyl (C=O) groups is 3. The highest BCUT2D eigenvalue weighted by molar-refractivity contribution is 5.84. The summed E-state index contributed by atoms with van der Waals surface area (Å²) in [5.74, 6) is -1.36. The van der Waals surface area contributed by atoms with Gasteiger partial charge in [-0.15, -0.1) is 0 Å². The van der Waals surface area contributed by atoms with E-state index < -0.39 is 12.0 Å². The molecule has 5 heteroatoms. The summed E-state index contributed by atoms with van der Waals surface area (Å²) in [6.45, 7) is 3.70. The van der Waals surface area contributed by atoms with Crippen LogP contribution in [0.3, 0.4) is 0 Å². The van der Waals surface area contributed by atoms with Crippen LogP contribution in [0.4, 0.5) is 0 Å². The van der Waals surface area contributed by atoms with Crippen LogP contribution in [0, 0.1) is 0 Å². The van der Waals surface area contributed by atoms with Crippen LogP contribution in [0.1, 0.15) is 142 Å². The van der Waals surface area contributed by atoms with Gasteiger partial charge in [0.25, 0.3) is 0 Å². The van der Waals surface area contributed by atoms with Crippen molar-refractivity contribution in [1.82, 2.24) is 5.32 Å². The molecule has 0 aliphatic carbocycles. The zero-order chi connectivity index (χ0) is 23.2. The molecule has 182 valence electrons. The molecule has 5 nitrogen and oxygen atoms in total. The Kier molecular flexibility index (Phi) is 20.8. The summed E-state index contributed by atoms with van der Waals surface area (Å²) < 4.78 is 0. The summed E-state index contributed by atoms with van der Waals surface area (Å²) in [4.78, 5) is 34.1. The number of hydrogen-bond donors (Lipinski definition) is 2. The van der Waals surface area contributed by atoms with Crippen molar-refractivity contribution < 1.29 is 19.5 Å². The fraction of sp³-hybridized carbons (Fsp3) is 0.885. The zero-order valence-corrected chi connectivity index (χ0v) is 20.4. The van der Waals surface area contributed by atoms with E-state index in [4.69, 9.17) is 5.11 Å². The summed E-state index contributed by atoms with van der Waals surface area (Å²) in [6.07, 6.45) is 22.7. The molecule has 31 heavy (non-hydrogen) atoms. The molecule has 0 aromatic heterocycles. The predicted molar refractivity (Wildman–Crippen MR) is 128 cm³/mol. The first-order chi connectivity index (χ1) is 15.0. The van der Waals surface area contributed by atoms with Gasteiger partial charge in [0, 0.05) is 12.8 Å². The van der Waals surface area contributed by atoms with Gasteiger partial charge in [0.2, 0.25) is 5.91 Å². The van der Waals surface area contributed by atoms with Crippen LogP contribution in [0.5, 0.6) is 0 Å². The van der Waals surface area contributed by atoms with Crippen LogP contribution in [0.25, 0.3) is 0 Å². The number of carboxylic acids is 1. The Labute approximate surface area is 191 Å². The Morgan fingerprint density at radius 3 is 1.39 bits per heavy atom. The highest BCUT2D eigenvalue weighted by Gasteiger charge is 2.19. The van der Waals surface area contributed by atoms with Crippen molar-refractivity contribution in [3.05, 3.63) is 0 Å². The van der Waals surface area contributed by atoms with Crippen molar-refractivity contribution in [3.8, 4) is 0 Å². The summed E-state index contributed by atoms with van der Waals surface area (Å²) in [7, 11) is 0. The maximum absolute atomic E-state index is 11.9. The fourth-order valence-electron chi connectivity index (χ4n) is 3.88. The molecule has 0 aliphatic heterocycles. The number of carbonyl (C=O) groups excluding carboxylic acids is 2. The molecule has 1 amide bonds. The van der Waals surface area contributed by atoms with Gasteiger partial charge in [-0.25, -0.2) is 4.79 Å². The van der Waals surface area contributed by atoms with Gasteiger partial charge in [0.05, 0.1) is 0 Å². The molecule has 0 radical (unpaired) electrons. The zero-order valence-electron chi connectivity index (χ0n) is 20.4. The summed E-state index contributed by atoms with van der Waals surface area (Å²) in [5, 5.41) is 11.7. The van der Waals surface area contributed by atoms with Crippen molar-refractivity contribution in [2.24, 2.45) is 0 Å². The second-order valence-corrected chi connectivity index (χ2v) is 9.11. The third-order valence-corrected chi connectivity index (χ3v) is 5.93. The largest absolute Gasteiger partial charge is 0.480 e. The maximum Gasteiger partial charge on any atom is 0.326 e. The Morgan fingerprint density at radius 1 is 0.645 bits per heavy atom. The van der Waals surface area contributed by atoms with E-state index in [0.29, 0.717) is 6.42 Å². The molecule has 0 aliphatic rings. The Hall–Kier alpha value is -1.39. The molecule has 2 N–H and O–H groups in total. The first-order valence-corrected chi connectivity index (χ1v) is 13.0. The molecule has 0 rings (SSSR count). The second kappa shape index (κ2) is 21.8. The second-order valence-electron chi connectivity index (χ2n) is 9.11. The lowest BCUT2D eigenvalue weighted by molar-refractivity contribution is -0.142. The molecule has 0 saturated heterocycles. The first-order valence-electron chi connectivity index (χ1n) is 13.0. The lowest BCUT2D eigenvalue weighted by Crippen LogP contribution is -2.40. The SMILES string of the molecule is CCCCCCCCCCCCCCCCCCCC(=O)NC(CCC(C)=O)C(=O)O. The third-order valence-electron chi connectivity index (χ3n) is 5.93. The van der Waals surface area contributed by atoms with Crippen LogP contribution in [0.15, 0.2) is 0 Å². The van der Waals surface area contributed by atoms with Crippen LogP contribution >= 0.6 is 0 Å². The van der Waals surface area contributed by atoms with Gasteiger partial charge < -0.3 is 15.2 Å². The summed E-state index contributed by atoms with van der Waals surface area (Å²) in [5.41, 5.74) is 0. The molecular weight excluding hydrogens is 390 g/mol. The minimum absolute atomic E-state index is 0.0614. The van der Waals surface area contributed by atoms with Crippen molar-refractivity contribution in [2.75, 3.05) is 0 Å². The molecule has 0 saturated carbocycles. The van der Waals surface area contributed by atoms with E-state index in [-0.39, 0.29) is 24.5 Å². The first kappa shape index (κ1) is 29.6. The van der Waals surface area contributed by atoms with E-state index in [1.807, 2.05) is 0 Å². The van der Waals surface area contributed by atoms with Gasteiger partial charge in [-0.3, -0.25) is 4.79 Å².